The van der Waals surface area contributed by atoms with Crippen LogP contribution < -0.4 is 5.32 Å². The molecule has 0 spiro atoms. The minimum atomic E-state index is 0.488. The summed E-state index contributed by atoms with van der Waals surface area (Å²) in [6, 6.07) is 1.78. The highest BCUT2D eigenvalue weighted by molar-refractivity contribution is 5.01. The van der Waals surface area contributed by atoms with E-state index < -0.39 is 0 Å². The Labute approximate surface area is 117 Å². The maximum Gasteiger partial charge on any atom is 0.0951 e. The molecule has 4 nitrogen and oxygen atoms in total. The fraction of sp³-hybridized carbons (Fsp3) is 0.800. The molecule has 1 aromatic heterocycles. The van der Waals surface area contributed by atoms with Crippen LogP contribution in [-0.4, -0.2) is 39.6 Å². The zero-order valence-corrected chi connectivity index (χ0v) is 12.8. The van der Waals surface area contributed by atoms with E-state index in [1.165, 1.54) is 18.5 Å². The molecule has 2 heterocycles. The highest BCUT2D eigenvalue weighted by Crippen LogP contribution is 2.17. The maximum absolute atomic E-state index is 4.32. The summed E-state index contributed by atoms with van der Waals surface area (Å²) >= 11 is 0. The van der Waals surface area contributed by atoms with Crippen LogP contribution in [0.1, 0.15) is 52.3 Å². The number of hydrogen-bond donors (Lipinski definition) is 1. The van der Waals surface area contributed by atoms with Gasteiger partial charge in [0.25, 0.3) is 0 Å². The van der Waals surface area contributed by atoms with Gasteiger partial charge in [0.15, 0.2) is 0 Å². The van der Waals surface area contributed by atoms with Gasteiger partial charge in [-0.1, -0.05) is 13.8 Å². The summed E-state index contributed by atoms with van der Waals surface area (Å²) in [7, 11) is 0. The third-order valence-corrected chi connectivity index (χ3v) is 4.25. The molecule has 1 aliphatic heterocycles. The molecule has 0 aromatic carbocycles. The van der Waals surface area contributed by atoms with Gasteiger partial charge in [0.1, 0.15) is 0 Å². The number of nitrogens with zero attached hydrogens (tertiary/aromatic N) is 3. The Morgan fingerprint density at radius 1 is 1.37 bits per heavy atom. The van der Waals surface area contributed by atoms with Crippen molar-refractivity contribution in [1.29, 1.82) is 0 Å². The Balaban J connectivity index is 2.08. The van der Waals surface area contributed by atoms with Crippen molar-refractivity contribution in [2.45, 2.75) is 65.2 Å². The Kier molecular flexibility index (Phi) is 4.99. The van der Waals surface area contributed by atoms with Gasteiger partial charge < -0.3 is 9.88 Å². The highest BCUT2D eigenvalue weighted by atomic mass is 15.2. The normalized spacial score (nSPS) is 25.1. The number of piperazine rings is 1. The summed E-state index contributed by atoms with van der Waals surface area (Å²) in [5.41, 5.74) is 1.34. The Morgan fingerprint density at radius 2 is 2.16 bits per heavy atom. The summed E-state index contributed by atoms with van der Waals surface area (Å²) in [6.45, 7) is 12.3. The predicted octanol–water partition coefficient (Wildman–Crippen LogP) is 2.43. The van der Waals surface area contributed by atoms with Crippen LogP contribution in [0.15, 0.2) is 12.5 Å². The first-order valence-electron chi connectivity index (χ1n) is 7.63. The van der Waals surface area contributed by atoms with Crippen LogP contribution in [0.3, 0.4) is 0 Å². The molecule has 1 fully saturated rings. The Bertz CT molecular complexity index is 385. The fourth-order valence-electron chi connectivity index (χ4n) is 2.93. The van der Waals surface area contributed by atoms with Crippen LogP contribution in [0.4, 0.5) is 0 Å². The molecule has 0 radical (unpaired) electrons. The van der Waals surface area contributed by atoms with Crippen LogP contribution in [-0.2, 0) is 6.54 Å². The molecule has 1 saturated heterocycles. The maximum atomic E-state index is 4.32. The zero-order valence-electron chi connectivity index (χ0n) is 12.8. The van der Waals surface area contributed by atoms with Gasteiger partial charge in [0.2, 0.25) is 0 Å². The lowest BCUT2D eigenvalue weighted by molar-refractivity contribution is 0.114. The first kappa shape index (κ1) is 14.5. The molecule has 1 N–H and O–H groups in total. The molecule has 0 aliphatic carbocycles. The van der Waals surface area contributed by atoms with Gasteiger partial charge >= 0.3 is 0 Å². The molecule has 1 aliphatic rings. The Hall–Kier alpha value is -0.870. The minimum absolute atomic E-state index is 0.488. The summed E-state index contributed by atoms with van der Waals surface area (Å²) < 4.78 is 2.29. The van der Waals surface area contributed by atoms with E-state index >= 15 is 0 Å². The molecule has 4 heteroatoms. The average Bonchev–Trinajstić information content (AvgIpc) is 2.87. The van der Waals surface area contributed by atoms with E-state index in [-0.39, 0.29) is 0 Å². The van der Waals surface area contributed by atoms with Crippen molar-refractivity contribution < 1.29 is 0 Å². The molecule has 19 heavy (non-hydrogen) atoms. The molecule has 0 amide bonds. The van der Waals surface area contributed by atoms with Crippen LogP contribution in [0, 0.1) is 0 Å². The number of nitrogens with one attached hydrogen (secondary N) is 1. The lowest BCUT2D eigenvalue weighted by Gasteiger charge is -2.40. The van der Waals surface area contributed by atoms with E-state index in [4.69, 9.17) is 0 Å². The molecule has 2 atom stereocenters. The van der Waals surface area contributed by atoms with Gasteiger partial charge in [-0.2, -0.15) is 0 Å². The molecular formula is C15H28N4. The quantitative estimate of drug-likeness (QED) is 0.886. The third-order valence-electron chi connectivity index (χ3n) is 4.25. The standard InChI is InChI=1S/C15H28N4/c1-5-13-9-18(14(6-2)8-17-13)10-15-7-16-11-19(15)12(3)4/h7,11-14,17H,5-6,8-10H2,1-4H3. The molecule has 1 aromatic rings. The van der Waals surface area contributed by atoms with Gasteiger partial charge in [0, 0.05) is 44.0 Å². The molecule has 0 bridgehead atoms. The van der Waals surface area contributed by atoms with E-state index in [9.17, 15) is 0 Å². The zero-order chi connectivity index (χ0) is 13.8. The van der Waals surface area contributed by atoms with E-state index in [1.54, 1.807) is 0 Å². The smallest absolute Gasteiger partial charge is 0.0951 e. The van der Waals surface area contributed by atoms with E-state index in [0.29, 0.717) is 18.1 Å². The number of rotatable bonds is 5. The molecular weight excluding hydrogens is 236 g/mol. The lowest BCUT2D eigenvalue weighted by Crippen LogP contribution is -2.55. The van der Waals surface area contributed by atoms with E-state index in [1.807, 2.05) is 12.5 Å². The molecule has 108 valence electrons. The number of hydrogen-bond acceptors (Lipinski definition) is 3. The van der Waals surface area contributed by atoms with Crippen molar-refractivity contribution in [2.75, 3.05) is 13.1 Å². The summed E-state index contributed by atoms with van der Waals surface area (Å²) in [4.78, 5) is 6.95. The molecule has 2 unspecified atom stereocenters. The third kappa shape index (κ3) is 3.37. The Morgan fingerprint density at radius 3 is 2.79 bits per heavy atom. The van der Waals surface area contributed by atoms with E-state index in [0.717, 1.165) is 19.6 Å². The predicted molar refractivity (Wildman–Crippen MR) is 79.2 cm³/mol. The molecule has 2 rings (SSSR count). The summed E-state index contributed by atoms with van der Waals surface area (Å²) in [5.74, 6) is 0. The summed E-state index contributed by atoms with van der Waals surface area (Å²) in [5, 5.41) is 3.65. The topological polar surface area (TPSA) is 33.1 Å². The number of aromatic nitrogens is 2. The van der Waals surface area contributed by atoms with Gasteiger partial charge in [-0.25, -0.2) is 4.98 Å². The molecule has 0 saturated carbocycles. The van der Waals surface area contributed by atoms with Crippen LogP contribution in [0.2, 0.25) is 0 Å². The van der Waals surface area contributed by atoms with E-state index in [2.05, 4.69) is 47.5 Å². The second-order valence-electron chi connectivity index (χ2n) is 5.89. The number of imidazole rings is 1. The monoisotopic (exact) mass is 264 g/mol. The SMILES string of the molecule is CCC1CN(Cc2cncn2C(C)C)C(CC)CN1. The van der Waals surface area contributed by atoms with Gasteiger partial charge in [-0.15, -0.1) is 0 Å². The second-order valence-corrected chi connectivity index (χ2v) is 5.89. The first-order valence-corrected chi connectivity index (χ1v) is 7.63. The minimum Gasteiger partial charge on any atom is -0.331 e. The lowest BCUT2D eigenvalue weighted by atomic mass is 10.0. The van der Waals surface area contributed by atoms with Gasteiger partial charge in [0.05, 0.1) is 12.0 Å². The van der Waals surface area contributed by atoms with Crippen LogP contribution in [0.25, 0.3) is 0 Å². The summed E-state index contributed by atoms with van der Waals surface area (Å²) in [6.07, 6.45) is 6.39. The van der Waals surface area contributed by atoms with Crippen LogP contribution >= 0.6 is 0 Å². The van der Waals surface area contributed by atoms with Crippen molar-refractivity contribution in [3.05, 3.63) is 18.2 Å². The van der Waals surface area contributed by atoms with Crippen molar-refractivity contribution in [3.8, 4) is 0 Å². The largest absolute Gasteiger partial charge is 0.331 e. The van der Waals surface area contributed by atoms with Crippen molar-refractivity contribution >= 4 is 0 Å². The first-order chi connectivity index (χ1) is 9.15. The second kappa shape index (κ2) is 6.53. The van der Waals surface area contributed by atoms with Crippen molar-refractivity contribution in [3.63, 3.8) is 0 Å². The van der Waals surface area contributed by atoms with Crippen LogP contribution in [0.5, 0.6) is 0 Å². The van der Waals surface area contributed by atoms with Gasteiger partial charge in [-0.05, 0) is 26.7 Å². The highest BCUT2D eigenvalue weighted by Gasteiger charge is 2.26. The van der Waals surface area contributed by atoms with Crippen molar-refractivity contribution in [1.82, 2.24) is 19.8 Å². The fourth-order valence-corrected chi connectivity index (χ4v) is 2.93. The van der Waals surface area contributed by atoms with Crippen molar-refractivity contribution in [2.24, 2.45) is 0 Å². The van der Waals surface area contributed by atoms with Gasteiger partial charge in [-0.3, -0.25) is 4.90 Å². The average molecular weight is 264 g/mol.